The first-order chi connectivity index (χ1) is 14.8. The van der Waals surface area contributed by atoms with Crippen LogP contribution in [0.5, 0.6) is 5.75 Å². The maximum atomic E-state index is 12.7. The van der Waals surface area contributed by atoms with Crippen LogP contribution in [0.4, 0.5) is 5.69 Å². The van der Waals surface area contributed by atoms with E-state index in [-0.39, 0.29) is 27.9 Å². The molecule has 4 rings (SSSR count). The van der Waals surface area contributed by atoms with Crippen molar-refractivity contribution >= 4 is 29.4 Å². The average molecular weight is 414 g/mol. The minimum absolute atomic E-state index is 0.00933. The van der Waals surface area contributed by atoms with E-state index in [1.54, 1.807) is 12.1 Å². The first-order valence-electron chi connectivity index (χ1n) is 9.40. The molecule has 0 saturated carbocycles. The number of esters is 1. The third kappa shape index (κ3) is 3.57. The molecule has 0 unspecified atom stereocenters. The van der Waals surface area contributed by atoms with Gasteiger partial charge in [-0.1, -0.05) is 12.1 Å². The molecular formula is C24H16NO6-. The highest BCUT2D eigenvalue weighted by Gasteiger charge is 2.36. The maximum absolute atomic E-state index is 12.7. The standard InChI is InChI=1S/C24H17NO6/c1-13-3-9-18(11-14(13)2)31-24(30)15-4-7-17(8-5-15)25-21(26)19-10-6-16(23(28)29)12-20(19)22(25)27/h3-12H,1-2H3,(H,28,29)/p-1. The van der Waals surface area contributed by atoms with Crippen LogP contribution in [0, 0.1) is 13.8 Å². The number of anilines is 1. The number of hydrogen-bond acceptors (Lipinski definition) is 6. The fraction of sp³-hybridized carbons (Fsp3) is 0.0833. The Morgan fingerprint density at radius 2 is 1.42 bits per heavy atom. The molecule has 7 nitrogen and oxygen atoms in total. The van der Waals surface area contributed by atoms with Gasteiger partial charge in [-0.25, -0.2) is 9.69 Å². The number of ether oxygens (including phenoxy) is 1. The van der Waals surface area contributed by atoms with Gasteiger partial charge in [-0.2, -0.15) is 0 Å². The SMILES string of the molecule is Cc1ccc(OC(=O)c2ccc(N3C(=O)c4ccc(C(=O)[O-])cc4C3=O)cc2)cc1C. The number of amides is 2. The van der Waals surface area contributed by atoms with Gasteiger partial charge in [0, 0.05) is 0 Å². The summed E-state index contributed by atoms with van der Waals surface area (Å²) in [4.78, 5) is 49.8. The highest BCUT2D eigenvalue weighted by Crippen LogP contribution is 2.29. The van der Waals surface area contributed by atoms with E-state index in [4.69, 9.17) is 4.74 Å². The smallest absolute Gasteiger partial charge is 0.343 e. The second kappa shape index (κ2) is 7.53. The molecule has 1 aliphatic heterocycles. The number of imide groups is 1. The molecule has 1 heterocycles. The molecule has 0 aliphatic carbocycles. The van der Waals surface area contributed by atoms with Gasteiger partial charge in [0.15, 0.2) is 0 Å². The highest BCUT2D eigenvalue weighted by atomic mass is 16.5. The van der Waals surface area contributed by atoms with E-state index in [9.17, 15) is 24.3 Å². The number of hydrogen-bond donors (Lipinski definition) is 0. The van der Waals surface area contributed by atoms with Crippen LogP contribution in [-0.2, 0) is 0 Å². The lowest BCUT2D eigenvalue weighted by Crippen LogP contribution is -2.29. The van der Waals surface area contributed by atoms with Crippen LogP contribution in [0.15, 0.2) is 60.7 Å². The van der Waals surface area contributed by atoms with Gasteiger partial charge < -0.3 is 14.6 Å². The molecule has 3 aromatic carbocycles. The van der Waals surface area contributed by atoms with Crippen molar-refractivity contribution in [1.82, 2.24) is 0 Å². The van der Waals surface area contributed by atoms with Crippen molar-refractivity contribution in [2.75, 3.05) is 4.90 Å². The van der Waals surface area contributed by atoms with Crippen molar-refractivity contribution < 1.29 is 29.0 Å². The molecule has 31 heavy (non-hydrogen) atoms. The van der Waals surface area contributed by atoms with E-state index in [1.807, 2.05) is 19.9 Å². The molecule has 1 aliphatic rings. The number of nitrogens with zero attached hydrogens (tertiary/aromatic N) is 1. The fourth-order valence-corrected chi connectivity index (χ4v) is 3.29. The van der Waals surface area contributed by atoms with Crippen molar-refractivity contribution in [3.05, 3.63) is 94.0 Å². The van der Waals surface area contributed by atoms with Crippen LogP contribution in [0.2, 0.25) is 0 Å². The molecule has 7 heteroatoms. The Labute approximate surface area is 177 Å². The summed E-state index contributed by atoms with van der Waals surface area (Å²) in [5, 5.41) is 11.0. The van der Waals surface area contributed by atoms with Crippen LogP contribution in [0.1, 0.15) is 52.6 Å². The largest absolute Gasteiger partial charge is 0.545 e. The van der Waals surface area contributed by atoms with Crippen molar-refractivity contribution in [3.8, 4) is 5.75 Å². The van der Waals surface area contributed by atoms with Crippen LogP contribution >= 0.6 is 0 Å². The lowest BCUT2D eigenvalue weighted by Gasteiger charge is -2.14. The number of carboxylic acid groups (broad SMARTS) is 1. The van der Waals surface area contributed by atoms with E-state index in [0.29, 0.717) is 5.75 Å². The molecular weight excluding hydrogens is 398 g/mol. The molecule has 2 amide bonds. The van der Waals surface area contributed by atoms with E-state index < -0.39 is 23.8 Å². The number of fused-ring (bicyclic) bond motifs is 1. The molecule has 0 saturated heterocycles. The molecule has 0 fully saturated rings. The van der Waals surface area contributed by atoms with Gasteiger partial charge in [0.05, 0.1) is 28.3 Å². The third-order valence-electron chi connectivity index (χ3n) is 5.17. The van der Waals surface area contributed by atoms with Crippen molar-refractivity contribution in [2.24, 2.45) is 0 Å². The van der Waals surface area contributed by atoms with E-state index in [1.165, 1.54) is 36.4 Å². The lowest BCUT2D eigenvalue weighted by atomic mass is 10.1. The van der Waals surface area contributed by atoms with Crippen molar-refractivity contribution in [1.29, 1.82) is 0 Å². The summed E-state index contributed by atoms with van der Waals surface area (Å²) in [5.41, 5.74) is 2.48. The average Bonchev–Trinajstić information content (AvgIpc) is 3.00. The Balaban J connectivity index is 1.56. The number of carbonyl (C=O) groups excluding carboxylic acids is 4. The van der Waals surface area contributed by atoms with E-state index in [2.05, 4.69) is 0 Å². The Morgan fingerprint density at radius 1 is 0.774 bits per heavy atom. The molecule has 0 spiro atoms. The number of rotatable bonds is 4. The predicted octanol–water partition coefficient (Wildman–Crippen LogP) is 2.69. The molecule has 0 atom stereocenters. The highest BCUT2D eigenvalue weighted by molar-refractivity contribution is 6.34. The molecule has 154 valence electrons. The van der Waals surface area contributed by atoms with Gasteiger partial charge in [0.2, 0.25) is 0 Å². The minimum Gasteiger partial charge on any atom is -0.545 e. The summed E-state index contributed by atoms with van der Waals surface area (Å²) in [6.45, 7) is 3.87. The van der Waals surface area contributed by atoms with Gasteiger partial charge in [-0.3, -0.25) is 9.59 Å². The van der Waals surface area contributed by atoms with Crippen LogP contribution in [0.3, 0.4) is 0 Å². The van der Waals surface area contributed by atoms with Crippen LogP contribution < -0.4 is 14.7 Å². The van der Waals surface area contributed by atoms with E-state index >= 15 is 0 Å². The summed E-state index contributed by atoms with van der Waals surface area (Å²) in [6, 6.07) is 14.8. The second-order valence-corrected chi connectivity index (χ2v) is 7.18. The zero-order valence-electron chi connectivity index (χ0n) is 16.7. The number of aryl methyl sites for hydroxylation is 2. The lowest BCUT2D eigenvalue weighted by molar-refractivity contribution is -0.255. The first-order valence-corrected chi connectivity index (χ1v) is 9.40. The summed E-state index contributed by atoms with van der Waals surface area (Å²) in [6.07, 6.45) is 0. The summed E-state index contributed by atoms with van der Waals surface area (Å²) in [5.74, 6) is -2.81. The molecule has 0 bridgehead atoms. The number of carbonyl (C=O) groups is 4. The zero-order chi connectivity index (χ0) is 22.3. The summed E-state index contributed by atoms with van der Waals surface area (Å²) >= 11 is 0. The van der Waals surface area contributed by atoms with Gasteiger partial charge >= 0.3 is 5.97 Å². The molecule has 0 radical (unpaired) electrons. The Morgan fingerprint density at radius 3 is 2.06 bits per heavy atom. The van der Waals surface area contributed by atoms with E-state index in [0.717, 1.165) is 22.1 Å². The fourth-order valence-electron chi connectivity index (χ4n) is 3.29. The quantitative estimate of drug-likeness (QED) is 0.369. The molecule has 0 N–H and O–H groups in total. The topological polar surface area (TPSA) is 104 Å². The number of aromatic carboxylic acids is 1. The Hall–Kier alpha value is -4.26. The summed E-state index contributed by atoms with van der Waals surface area (Å²) in [7, 11) is 0. The molecule has 0 aromatic heterocycles. The number of benzene rings is 3. The van der Waals surface area contributed by atoms with Crippen LogP contribution in [0.25, 0.3) is 0 Å². The maximum Gasteiger partial charge on any atom is 0.343 e. The predicted molar refractivity (Wildman–Crippen MR) is 109 cm³/mol. The zero-order valence-corrected chi connectivity index (χ0v) is 16.7. The van der Waals surface area contributed by atoms with Gasteiger partial charge in [0.25, 0.3) is 11.8 Å². The van der Waals surface area contributed by atoms with Crippen molar-refractivity contribution in [3.63, 3.8) is 0 Å². The second-order valence-electron chi connectivity index (χ2n) is 7.18. The summed E-state index contributed by atoms with van der Waals surface area (Å²) < 4.78 is 5.38. The normalized spacial score (nSPS) is 12.6. The van der Waals surface area contributed by atoms with Gasteiger partial charge in [-0.05, 0) is 79.1 Å². The van der Waals surface area contributed by atoms with Gasteiger partial charge in [0.1, 0.15) is 5.75 Å². The Bertz CT molecular complexity index is 1260. The number of carboxylic acids is 1. The Kier molecular flexibility index (Phi) is 4.87. The van der Waals surface area contributed by atoms with Crippen LogP contribution in [-0.4, -0.2) is 23.8 Å². The molecule has 3 aromatic rings. The monoisotopic (exact) mass is 414 g/mol. The first kappa shape index (κ1) is 20.0. The minimum atomic E-state index is -1.44. The van der Waals surface area contributed by atoms with Gasteiger partial charge in [-0.15, -0.1) is 0 Å². The van der Waals surface area contributed by atoms with Crippen molar-refractivity contribution in [2.45, 2.75) is 13.8 Å². The third-order valence-corrected chi connectivity index (χ3v) is 5.17.